The van der Waals surface area contributed by atoms with Crippen LogP contribution in [0.3, 0.4) is 0 Å². The van der Waals surface area contributed by atoms with Crippen molar-refractivity contribution in [1.29, 1.82) is 0 Å². The van der Waals surface area contributed by atoms with Gasteiger partial charge in [0.25, 0.3) is 0 Å². The molecule has 0 aliphatic carbocycles. The van der Waals surface area contributed by atoms with E-state index in [1.807, 2.05) is 23.1 Å². The molecule has 0 saturated carbocycles. The van der Waals surface area contributed by atoms with Crippen molar-refractivity contribution < 1.29 is 0 Å². The summed E-state index contributed by atoms with van der Waals surface area (Å²) in [5.41, 5.74) is 10.6. The zero-order valence-electron chi connectivity index (χ0n) is 11.2. The van der Waals surface area contributed by atoms with Crippen LogP contribution in [-0.2, 0) is 18.6 Å². The van der Waals surface area contributed by atoms with E-state index in [1.54, 1.807) is 4.88 Å². The van der Waals surface area contributed by atoms with E-state index < -0.39 is 0 Å². The van der Waals surface area contributed by atoms with Crippen molar-refractivity contribution in [2.24, 2.45) is 5.73 Å². The topological polar surface area (TPSA) is 26.0 Å². The van der Waals surface area contributed by atoms with E-state index in [2.05, 4.69) is 37.3 Å². The Labute approximate surface area is 123 Å². The minimum atomic E-state index is 0.140. The second-order valence-electron chi connectivity index (χ2n) is 5.14. The lowest BCUT2D eigenvalue weighted by atomic mass is 10.0. The summed E-state index contributed by atoms with van der Waals surface area (Å²) in [5, 5.41) is 0. The summed E-state index contributed by atoms with van der Waals surface area (Å²) in [4.78, 5) is 2.92. The molecule has 3 rings (SSSR count). The molecule has 1 aliphatic heterocycles. The van der Waals surface area contributed by atoms with E-state index in [-0.39, 0.29) is 6.04 Å². The van der Waals surface area contributed by atoms with Crippen LogP contribution in [0.5, 0.6) is 0 Å². The molecule has 1 unspecified atom stereocenters. The van der Waals surface area contributed by atoms with Crippen LogP contribution in [0, 0.1) is 6.92 Å². The normalized spacial score (nSPS) is 16.1. The number of rotatable bonds is 3. The van der Waals surface area contributed by atoms with Crippen LogP contribution in [-0.4, -0.2) is 5.75 Å². The van der Waals surface area contributed by atoms with Crippen molar-refractivity contribution in [2.45, 2.75) is 31.6 Å². The molecule has 0 spiro atoms. The molecule has 2 heterocycles. The number of hydrogen-bond acceptors (Lipinski definition) is 3. The molecule has 0 amide bonds. The Bertz CT molecular complexity index is 550. The van der Waals surface area contributed by atoms with Crippen molar-refractivity contribution in [1.82, 2.24) is 0 Å². The van der Waals surface area contributed by atoms with Crippen molar-refractivity contribution in [3.8, 4) is 0 Å². The van der Waals surface area contributed by atoms with Gasteiger partial charge in [0.2, 0.25) is 0 Å². The number of thiophene rings is 1. The largest absolute Gasteiger partial charge is 0.323 e. The zero-order valence-corrected chi connectivity index (χ0v) is 12.8. The minimum Gasteiger partial charge on any atom is -0.323 e. The first-order valence-corrected chi connectivity index (χ1v) is 8.70. The lowest BCUT2D eigenvalue weighted by molar-refractivity contribution is 0.733. The number of thioether (sulfide) groups is 1. The van der Waals surface area contributed by atoms with Crippen LogP contribution < -0.4 is 5.73 Å². The Balaban J connectivity index is 1.79. The molecule has 2 aromatic rings. The van der Waals surface area contributed by atoms with Crippen molar-refractivity contribution in [2.75, 3.05) is 5.75 Å². The Kier molecular flexibility index (Phi) is 3.96. The van der Waals surface area contributed by atoms with E-state index in [0.717, 1.165) is 6.42 Å². The highest BCUT2D eigenvalue weighted by molar-refractivity contribution is 7.98. The molecule has 19 heavy (non-hydrogen) atoms. The van der Waals surface area contributed by atoms with Crippen LogP contribution in [0.1, 0.15) is 32.5 Å². The third-order valence-electron chi connectivity index (χ3n) is 3.71. The monoisotopic (exact) mass is 289 g/mol. The summed E-state index contributed by atoms with van der Waals surface area (Å²) >= 11 is 3.97. The second kappa shape index (κ2) is 5.70. The fourth-order valence-electron chi connectivity index (χ4n) is 2.53. The average molecular weight is 289 g/mol. The van der Waals surface area contributed by atoms with E-state index in [1.165, 1.54) is 39.5 Å². The lowest BCUT2D eigenvalue weighted by Gasteiger charge is -2.11. The number of fused-ring (bicyclic) bond motifs is 1. The summed E-state index contributed by atoms with van der Waals surface area (Å²) in [7, 11) is 0. The van der Waals surface area contributed by atoms with Gasteiger partial charge in [-0.2, -0.15) is 11.8 Å². The zero-order chi connectivity index (χ0) is 13.2. The number of benzene rings is 1. The third kappa shape index (κ3) is 2.88. The quantitative estimate of drug-likeness (QED) is 0.921. The molecule has 1 atom stereocenters. The maximum Gasteiger partial charge on any atom is 0.0430 e. The van der Waals surface area contributed by atoms with Crippen molar-refractivity contribution in [3.63, 3.8) is 0 Å². The molecule has 1 aromatic carbocycles. The first kappa shape index (κ1) is 13.2. The van der Waals surface area contributed by atoms with E-state index in [4.69, 9.17) is 5.73 Å². The first-order valence-electron chi connectivity index (χ1n) is 6.73. The highest BCUT2D eigenvalue weighted by Crippen LogP contribution is 2.34. The van der Waals surface area contributed by atoms with E-state index in [0.29, 0.717) is 0 Å². The Morgan fingerprint density at radius 2 is 2.16 bits per heavy atom. The molecule has 0 radical (unpaired) electrons. The average Bonchev–Trinajstić information content (AvgIpc) is 2.85. The summed E-state index contributed by atoms with van der Waals surface area (Å²) in [6, 6.07) is 11.0. The van der Waals surface area contributed by atoms with Crippen LogP contribution in [0.2, 0.25) is 0 Å². The molecule has 1 aromatic heterocycles. The van der Waals surface area contributed by atoms with Crippen molar-refractivity contribution in [3.05, 3.63) is 56.8 Å². The summed E-state index contributed by atoms with van der Waals surface area (Å²) in [6.45, 7) is 2.16. The molecule has 0 bridgehead atoms. The smallest absolute Gasteiger partial charge is 0.0430 e. The summed E-state index contributed by atoms with van der Waals surface area (Å²) in [5.74, 6) is 2.43. The van der Waals surface area contributed by atoms with Crippen LogP contribution in [0.15, 0.2) is 30.3 Å². The predicted octanol–water partition coefficient (Wildman–Crippen LogP) is 4.09. The molecular formula is C16H19NS2. The Morgan fingerprint density at radius 3 is 2.95 bits per heavy atom. The standard InChI is InChI=1S/C16H19NS2/c1-11-4-2-3-5-12(11)8-14(17)16-9-13-10-18-7-6-15(13)19-16/h2-5,9,14H,6-8,10,17H2,1H3. The maximum absolute atomic E-state index is 6.41. The SMILES string of the molecule is Cc1ccccc1CC(N)c1cc2c(s1)CCSC2. The third-order valence-corrected chi connectivity index (χ3v) is 6.09. The van der Waals surface area contributed by atoms with Gasteiger partial charge < -0.3 is 5.73 Å². The molecule has 2 N–H and O–H groups in total. The molecule has 1 nitrogen and oxygen atoms in total. The number of hydrogen-bond donors (Lipinski definition) is 1. The number of nitrogens with two attached hydrogens (primary N) is 1. The fraction of sp³-hybridized carbons (Fsp3) is 0.375. The Hall–Kier alpha value is -0.770. The predicted molar refractivity (Wildman–Crippen MR) is 86.0 cm³/mol. The molecular weight excluding hydrogens is 270 g/mol. The van der Waals surface area contributed by atoms with Gasteiger partial charge >= 0.3 is 0 Å². The van der Waals surface area contributed by atoms with Gasteiger partial charge in [-0.1, -0.05) is 24.3 Å². The van der Waals surface area contributed by atoms with E-state index in [9.17, 15) is 0 Å². The van der Waals surface area contributed by atoms with Crippen molar-refractivity contribution >= 4 is 23.1 Å². The van der Waals surface area contributed by atoms with Gasteiger partial charge in [0.1, 0.15) is 0 Å². The van der Waals surface area contributed by atoms with Gasteiger partial charge in [-0.25, -0.2) is 0 Å². The van der Waals surface area contributed by atoms with Gasteiger partial charge in [0.15, 0.2) is 0 Å². The first-order chi connectivity index (χ1) is 9.24. The highest BCUT2D eigenvalue weighted by atomic mass is 32.2. The molecule has 100 valence electrons. The lowest BCUT2D eigenvalue weighted by Crippen LogP contribution is -2.12. The number of aryl methyl sites for hydroxylation is 2. The van der Waals surface area contributed by atoms with E-state index >= 15 is 0 Å². The minimum absolute atomic E-state index is 0.140. The Morgan fingerprint density at radius 1 is 1.32 bits per heavy atom. The molecule has 0 fully saturated rings. The van der Waals surface area contributed by atoms with Gasteiger partial charge in [-0.05, 0) is 48.3 Å². The highest BCUT2D eigenvalue weighted by Gasteiger charge is 2.17. The second-order valence-corrected chi connectivity index (χ2v) is 7.41. The van der Waals surface area contributed by atoms with Gasteiger partial charge in [0, 0.05) is 21.5 Å². The molecule has 3 heteroatoms. The van der Waals surface area contributed by atoms with Gasteiger partial charge in [0.05, 0.1) is 0 Å². The molecule has 1 aliphatic rings. The maximum atomic E-state index is 6.41. The van der Waals surface area contributed by atoms with Crippen LogP contribution in [0.4, 0.5) is 0 Å². The summed E-state index contributed by atoms with van der Waals surface area (Å²) in [6.07, 6.45) is 2.17. The van der Waals surface area contributed by atoms with Gasteiger partial charge in [-0.3, -0.25) is 0 Å². The molecule has 0 saturated heterocycles. The fourth-order valence-corrected chi connectivity index (χ4v) is 4.91. The van der Waals surface area contributed by atoms with Crippen LogP contribution in [0.25, 0.3) is 0 Å². The van der Waals surface area contributed by atoms with Crippen LogP contribution >= 0.6 is 23.1 Å². The summed E-state index contributed by atoms with van der Waals surface area (Å²) < 4.78 is 0. The van der Waals surface area contributed by atoms with Gasteiger partial charge in [-0.15, -0.1) is 11.3 Å².